The number of hydrogen-bond donors (Lipinski definition) is 1. The summed E-state index contributed by atoms with van der Waals surface area (Å²) >= 11 is 0. The molecule has 0 spiro atoms. The molecule has 118 valence electrons. The molecular formula is C14H17N3O4S. The van der Waals surface area contributed by atoms with Gasteiger partial charge in [0.2, 0.25) is 10.0 Å². The summed E-state index contributed by atoms with van der Waals surface area (Å²) in [7, 11) is -2.65. The molecule has 0 aliphatic heterocycles. The minimum Gasteiger partial charge on any atom is -0.468 e. The number of carbonyl (C=O) groups is 1. The van der Waals surface area contributed by atoms with Gasteiger partial charge in [-0.25, -0.2) is 13.1 Å². The summed E-state index contributed by atoms with van der Waals surface area (Å²) in [5.74, 6) is -0.658. The lowest BCUT2D eigenvalue weighted by atomic mass is 10.3. The number of rotatable bonds is 5. The van der Waals surface area contributed by atoms with Crippen LogP contribution in [0.1, 0.15) is 11.4 Å². The van der Waals surface area contributed by atoms with E-state index >= 15 is 0 Å². The van der Waals surface area contributed by atoms with Gasteiger partial charge in [0.15, 0.2) is 0 Å². The van der Waals surface area contributed by atoms with Crippen molar-refractivity contribution < 1.29 is 17.9 Å². The van der Waals surface area contributed by atoms with Gasteiger partial charge in [0.05, 0.1) is 24.2 Å². The molecule has 1 aromatic heterocycles. The van der Waals surface area contributed by atoms with E-state index < -0.39 is 22.5 Å². The van der Waals surface area contributed by atoms with E-state index in [0.29, 0.717) is 11.4 Å². The van der Waals surface area contributed by atoms with Crippen molar-refractivity contribution in [2.45, 2.75) is 18.7 Å². The zero-order chi connectivity index (χ0) is 16.3. The fraction of sp³-hybridized carbons (Fsp3) is 0.286. The van der Waals surface area contributed by atoms with Gasteiger partial charge >= 0.3 is 5.97 Å². The van der Waals surface area contributed by atoms with Gasteiger partial charge in [-0.3, -0.25) is 4.79 Å². The largest absolute Gasteiger partial charge is 0.468 e. The highest BCUT2D eigenvalue weighted by Crippen LogP contribution is 2.22. The summed E-state index contributed by atoms with van der Waals surface area (Å²) in [4.78, 5) is 11.2. The molecule has 2 aromatic rings. The number of para-hydroxylation sites is 1. The maximum absolute atomic E-state index is 12.4. The van der Waals surface area contributed by atoms with Gasteiger partial charge < -0.3 is 4.74 Å². The number of nitrogens with zero attached hydrogens (tertiary/aromatic N) is 2. The lowest BCUT2D eigenvalue weighted by molar-refractivity contribution is -0.139. The molecule has 0 unspecified atom stereocenters. The summed E-state index contributed by atoms with van der Waals surface area (Å²) in [5.41, 5.74) is 1.59. The average Bonchev–Trinajstić information content (AvgIpc) is 2.81. The molecule has 0 amide bonds. The topological polar surface area (TPSA) is 90.3 Å². The molecule has 2 rings (SSSR count). The molecule has 0 radical (unpaired) electrons. The Morgan fingerprint density at radius 2 is 1.91 bits per heavy atom. The van der Waals surface area contributed by atoms with Crippen LogP contribution in [0.15, 0.2) is 35.2 Å². The van der Waals surface area contributed by atoms with E-state index in [9.17, 15) is 13.2 Å². The van der Waals surface area contributed by atoms with Crippen molar-refractivity contribution in [1.29, 1.82) is 0 Å². The number of aryl methyl sites for hydroxylation is 1. The Balaban J connectivity index is 2.41. The molecule has 1 heterocycles. The van der Waals surface area contributed by atoms with Crippen LogP contribution in [0.4, 0.5) is 0 Å². The van der Waals surface area contributed by atoms with Crippen molar-refractivity contribution in [3.63, 3.8) is 0 Å². The van der Waals surface area contributed by atoms with Gasteiger partial charge in [-0.15, -0.1) is 0 Å². The van der Waals surface area contributed by atoms with Crippen LogP contribution in [-0.2, 0) is 19.6 Å². The number of hydrogen-bond acceptors (Lipinski definition) is 5. The molecule has 1 N–H and O–H groups in total. The predicted octanol–water partition coefficient (Wildman–Crippen LogP) is 0.940. The van der Waals surface area contributed by atoms with Crippen LogP contribution in [0.3, 0.4) is 0 Å². The molecule has 0 saturated carbocycles. The van der Waals surface area contributed by atoms with E-state index in [1.54, 1.807) is 18.5 Å². The van der Waals surface area contributed by atoms with Crippen molar-refractivity contribution in [3.8, 4) is 5.69 Å². The van der Waals surface area contributed by atoms with Crippen LogP contribution >= 0.6 is 0 Å². The Bertz CT molecular complexity index is 782. The zero-order valence-corrected chi connectivity index (χ0v) is 13.3. The Morgan fingerprint density at radius 3 is 2.50 bits per heavy atom. The van der Waals surface area contributed by atoms with Gasteiger partial charge in [-0.2, -0.15) is 9.82 Å². The lowest BCUT2D eigenvalue weighted by Crippen LogP contribution is -2.30. The number of ether oxygens (including phenoxy) is 1. The number of methoxy groups -OCH3 is 1. The highest BCUT2D eigenvalue weighted by molar-refractivity contribution is 7.89. The maximum atomic E-state index is 12.4. The standard InChI is InChI=1S/C14H17N3O4S/c1-10-14(22(19,20)15-9-13(18)21-3)11(2)17(16-10)12-7-5-4-6-8-12/h4-8,15H,9H2,1-3H3. The monoisotopic (exact) mass is 323 g/mol. The highest BCUT2D eigenvalue weighted by atomic mass is 32.2. The fourth-order valence-electron chi connectivity index (χ4n) is 2.14. The molecule has 0 aliphatic carbocycles. The van der Waals surface area contributed by atoms with Crippen molar-refractivity contribution in [1.82, 2.24) is 14.5 Å². The molecule has 0 aliphatic rings. The lowest BCUT2D eigenvalue weighted by Gasteiger charge is -2.07. The first-order valence-corrected chi connectivity index (χ1v) is 8.03. The summed E-state index contributed by atoms with van der Waals surface area (Å²) in [5, 5.41) is 4.28. The third-order valence-corrected chi connectivity index (χ3v) is 4.78. The quantitative estimate of drug-likeness (QED) is 0.827. The summed E-state index contributed by atoms with van der Waals surface area (Å²) < 4.78 is 32.9. The second-order valence-corrected chi connectivity index (χ2v) is 6.35. The van der Waals surface area contributed by atoms with Gasteiger partial charge in [-0.1, -0.05) is 18.2 Å². The van der Waals surface area contributed by atoms with Crippen LogP contribution in [0.25, 0.3) is 5.69 Å². The van der Waals surface area contributed by atoms with E-state index in [-0.39, 0.29) is 4.90 Å². The molecule has 0 saturated heterocycles. The Morgan fingerprint density at radius 1 is 1.27 bits per heavy atom. The molecule has 8 heteroatoms. The zero-order valence-electron chi connectivity index (χ0n) is 12.5. The molecule has 7 nitrogen and oxygen atoms in total. The van der Waals surface area contributed by atoms with Crippen molar-refractivity contribution in [3.05, 3.63) is 41.7 Å². The first-order valence-electron chi connectivity index (χ1n) is 6.55. The molecule has 0 atom stereocenters. The van der Waals surface area contributed by atoms with Gasteiger partial charge in [-0.05, 0) is 26.0 Å². The van der Waals surface area contributed by atoms with E-state index in [0.717, 1.165) is 5.69 Å². The van der Waals surface area contributed by atoms with Gasteiger partial charge in [0.1, 0.15) is 11.4 Å². The van der Waals surface area contributed by atoms with E-state index in [1.807, 2.05) is 30.3 Å². The smallest absolute Gasteiger partial charge is 0.320 e. The molecular weight excluding hydrogens is 306 g/mol. The number of sulfonamides is 1. The van der Waals surface area contributed by atoms with E-state index in [2.05, 4.69) is 14.6 Å². The predicted molar refractivity (Wildman–Crippen MR) is 80.2 cm³/mol. The minimum absolute atomic E-state index is 0.0697. The number of aromatic nitrogens is 2. The van der Waals surface area contributed by atoms with Gasteiger partial charge in [0, 0.05) is 0 Å². The van der Waals surface area contributed by atoms with Crippen LogP contribution < -0.4 is 4.72 Å². The first kappa shape index (κ1) is 16.2. The van der Waals surface area contributed by atoms with Crippen molar-refractivity contribution in [2.75, 3.05) is 13.7 Å². The summed E-state index contributed by atoms with van der Waals surface area (Å²) in [6, 6.07) is 9.21. The second-order valence-electron chi connectivity index (χ2n) is 4.65. The van der Waals surface area contributed by atoms with E-state index in [1.165, 1.54) is 7.11 Å². The van der Waals surface area contributed by atoms with Crippen LogP contribution in [0.5, 0.6) is 0 Å². The number of carbonyl (C=O) groups excluding carboxylic acids is 1. The normalized spacial score (nSPS) is 11.4. The van der Waals surface area contributed by atoms with Crippen molar-refractivity contribution in [2.24, 2.45) is 0 Å². The summed E-state index contributed by atoms with van der Waals surface area (Å²) in [6.45, 7) is 2.85. The molecule has 0 fully saturated rings. The van der Waals surface area contributed by atoms with Crippen LogP contribution in [-0.4, -0.2) is 37.8 Å². The first-order chi connectivity index (χ1) is 10.4. The second kappa shape index (κ2) is 6.29. The fourth-order valence-corrected chi connectivity index (χ4v) is 3.49. The van der Waals surface area contributed by atoms with Crippen molar-refractivity contribution >= 4 is 16.0 Å². The third kappa shape index (κ3) is 3.18. The van der Waals surface area contributed by atoms with Crippen LogP contribution in [0.2, 0.25) is 0 Å². The van der Waals surface area contributed by atoms with Crippen LogP contribution in [0, 0.1) is 13.8 Å². The van der Waals surface area contributed by atoms with E-state index in [4.69, 9.17) is 0 Å². The Hall–Kier alpha value is -2.19. The Labute approximate surface area is 129 Å². The highest BCUT2D eigenvalue weighted by Gasteiger charge is 2.25. The summed E-state index contributed by atoms with van der Waals surface area (Å²) in [6.07, 6.45) is 0. The molecule has 22 heavy (non-hydrogen) atoms. The minimum atomic E-state index is -3.85. The third-order valence-electron chi connectivity index (χ3n) is 3.13. The maximum Gasteiger partial charge on any atom is 0.320 e. The number of benzene rings is 1. The average molecular weight is 323 g/mol. The molecule has 0 bridgehead atoms. The van der Waals surface area contributed by atoms with Gasteiger partial charge in [0.25, 0.3) is 0 Å². The Kier molecular flexibility index (Phi) is 4.62. The number of esters is 1. The SMILES string of the molecule is COC(=O)CNS(=O)(=O)c1c(C)nn(-c2ccccc2)c1C. The molecule has 1 aromatic carbocycles. The number of nitrogens with one attached hydrogen (secondary N) is 1.